The highest BCUT2D eigenvalue weighted by Gasteiger charge is 2.42. The van der Waals surface area contributed by atoms with Crippen LogP contribution in [0.15, 0.2) is 94.6 Å². The van der Waals surface area contributed by atoms with Gasteiger partial charge in [-0.25, -0.2) is 9.36 Å². The van der Waals surface area contributed by atoms with Crippen LogP contribution in [-0.2, 0) is 21.5 Å². The van der Waals surface area contributed by atoms with E-state index in [9.17, 15) is 14.7 Å². The number of methoxy groups -OCH3 is 2. The highest BCUT2D eigenvalue weighted by Crippen LogP contribution is 2.42. The van der Waals surface area contributed by atoms with Crippen molar-refractivity contribution in [3.63, 3.8) is 0 Å². The van der Waals surface area contributed by atoms with Crippen LogP contribution in [0.2, 0.25) is 0 Å². The summed E-state index contributed by atoms with van der Waals surface area (Å²) in [6.07, 6.45) is -0.721. The number of aromatic amines is 1. The molecule has 0 spiro atoms. The minimum atomic E-state index is -1.10. The Morgan fingerprint density at radius 1 is 0.902 bits per heavy atom. The topological polar surface area (TPSA) is 112 Å². The SMILES string of the molecule is CCc1c[nH]c(=O)n([C@H]2C[C@H](O)[C@@H](COC(c3ccccc3)(c3ccc(OC)cc3)c3ccc(OC)cc3)O2)c1=O. The highest BCUT2D eigenvalue weighted by atomic mass is 16.6. The molecule has 1 aromatic heterocycles. The largest absolute Gasteiger partial charge is 0.497 e. The maximum absolute atomic E-state index is 12.9. The smallest absolute Gasteiger partial charge is 0.330 e. The van der Waals surface area contributed by atoms with Gasteiger partial charge in [-0.2, -0.15) is 0 Å². The van der Waals surface area contributed by atoms with E-state index < -0.39 is 35.3 Å². The average molecular weight is 559 g/mol. The molecule has 1 aliphatic heterocycles. The van der Waals surface area contributed by atoms with Crippen LogP contribution in [0.3, 0.4) is 0 Å². The van der Waals surface area contributed by atoms with Crippen molar-refractivity contribution in [3.05, 3.63) is 128 Å². The van der Waals surface area contributed by atoms with Crippen molar-refractivity contribution in [2.45, 2.75) is 43.8 Å². The molecule has 0 amide bonds. The molecular formula is C32H34N2O7. The van der Waals surface area contributed by atoms with Crippen molar-refractivity contribution in [3.8, 4) is 11.5 Å². The summed E-state index contributed by atoms with van der Waals surface area (Å²) in [5.41, 5.74) is 0.889. The van der Waals surface area contributed by atoms with Gasteiger partial charge in [0.25, 0.3) is 5.56 Å². The second-order valence-corrected chi connectivity index (χ2v) is 9.90. The minimum Gasteiger partial charge on any atom is -0.497 e. The van der Waals surface area contributed by atoms with E-state index in [1.54, 1.807) is 14.2 Å². The molecule has 0 saturated carbocycles. The Morgan fingerprint density at radius 2 is 1.46 bits per heavy atom. The van der Waals surface area contributed by atoms with Crippen LogP contribution in [0.5, 0.6) is 11.5 Å². The zero-order valence-corrected chi connectivity index (χ0v) is 23.3. The number of nitrogens with one attached hydrogen (secondary N) is 1. The molecule has 41 heavy (non-hydrogen) atoms. The third-order valence-electron chi connectivity index (χ3n) is 7.59. The molecule has 0 unspecified atom stereocenters. The van der Waals surface area contributed by atoms with Crippen molar-refractivity contribution in [2.75, 3.05) is 20.8 Å². The van der Waals surface area contributed by atoms with Crippen LogP contribution in [-0.4, -0.2) is 47.7 Å². The van der Waals surface area contributed by atoms with Gasteiger partial charge in [0.2, 0.25) is 0 Å². The maximum Gasteiger partial charge on any atom is 0.330 e. The molecule has 214 valence electrons. The normalized spacial score (nSPS) is 18.8. The molecule has 2 heterocycles. The Hall–Kier alpha value is -4.18. The number of aromatic nitrogens is 2. The van der Waals surface area contributed by atoms with Gasteiger partial charge in [0.05, 0.1) is 26.9 Å². The predicted molar refractivity (Wildman–Crippen MR) is 153 cm³/mol. The zero-order valence-electron chi connectivity index (χ0n) is 23.3. The number of hydrogen-bond acceptors (Lipinski definition) is 7. The number of aliphatic hydroxyl groups is 1. The van der Waals surface area contributed by atoms with Gasteiger partial charge < -0.3 is 29.0 Å². The molecule has 9 heteroatoms. The average Bonchev–Trinajstić information content (AvgIpc) is 3.38. The number of aryl methyl sites for hydroxylation is 1. The lowest BCUT2D eigenvalue weighted by Crippen LogP contribution is -2.40. The molecule has 1 aliphatic rings. The van der Waals surface area contributed by atoms with E-state index in [0.717, 1.165) is 21.3 Å². The molecule has 9 nitrogen and oxygen atoms in total. The Bertz CT molecular complexity index is 1520. The fourth-order valence-electron chi connectivity index (χ4n) is 5.35. The van der Waals surface area contributed by atoms with Crippen LogP contribution >= 0.6 is 0 Å². The summed E-state index contributed by atoms with van der Waals surface area (Å²) in [7, 11) is 3.22. The molecule has 3 atom stereocenters. The molecule has 0 bridgehead atoms. The Balaban J connectivity index is 1.54. The summed E-state index contributed by atoms with van der Waals surface area (Å²) in [4.78, 5) is 28.1. The third-order valence-corrected chi connectivity index (χ3v) is 7.59. The van der Waals surface area contributed by atoms with Gasteiger partial charge in [-0.05, 0) is 47.4 Å². The van der Waals surface area contributed by atoms with Crippen molar-refractivity contribution in [1.82, 2.24) is 9.55 Å². The monoisotopic (exact) mass is 558 g/mol. The summed E-state index contributed by atoms with van der Waals surface area (Å²) in [5.74, 6) is 1.40. The van der Waals surface area contributed by atoms with Gasteiger partial charge in [-0.3, -0.25) is 4.79 Å². The predicted octanol–water partition coefficient (Wildman–Crippen LogP) is 3.77. The standard InChI is InChI=1S/C32H34N2O7/c1-4-21-19-33-31(37)34(30(21)36)29-18-27(35)28(41-29)20-40-32(22-8-6-5-7-9-22,23-10-14-25(38-2)15-11-23)24-12-16-26(39-3)17-13-24/h5-17,19,27-29,35H,4,18,20H2,1-3H3,(H,33,37)/t27-,28+,29+/m0/s1. The van der Waals surface area contributed by atoms with E-state index in [0.29, 0.717) is 23.5 Å². The van der Waals surface area contributed by atoms with Gasteiger partial charge in [-0.1, -0.05) is 61.5 Å². The van der Waals surface area contributed by atoms with E-state index in [1.807, 2.05) is 85.8 Å². The van der Waals surface area contributed by atoms with Gasteiger partial charge in [0.1, 0.15) is 29.4 Å². The zero-order chi connectivity index (χ0) is 29.0. The van der Waals surface area contributed by atoms with E-state index in [1.165, 1.54) is 6.20 Å². The molecule has 1 saturated heterocycles. The summed E-state index contributed by atoms with van der Waals surface area (Å²) in [6.45, 7) is 1.81. The second-order valence-electron chi connectivity index (χ2n) is 9.90. The summed E-state index contributed by atoms with van der Waals surface area (Å²) >= 11 is 0. The van der Waals surface area contributed by atoms with Crippen LogP contribution in [0.4, 0.5) is 0 Å². The first-order chi connectivity index (χ1) is 19.9. The van der Waals surface area contributed by atoms with E-state index in [-0.39, 0.29) is 13.0 Å². The lowest BCUT2D eigenvalue weighted by molar-refractivity contribution is -0.0949. The molecule has 4 aromatic rings. The second kappa shape index (κ2) is 12.1. The highest BCUT2D eigenvalue weighted by molar-refractivity contribution is 5.49. The first kappa shape index (κ1) is 28.4. The Morgan fingerprint density at radius 3 is 2.00 bits per heavy atom. The Labute approximate surface area is 237 Å². The van der Waals surface area contributed by atoms with Crippen LogP contribution in [0, 0.1) is 0 Å². The van der Waals surface area contributed by atoms with E-state index in [2.05, 4.69) is 4.98 Å². The van der Waals surface area contributed by atoms with E-state index in [4.69, 9.17) is 18.9 Å². The van der Waals surface area contributed by atoms with Gasteiger partial charge >= 0.3 is 5.69 Å². The number of ether oxygens (including phenoxy) is 4. The van der Waals surface area contributed by atoms with E-state index >= 15 is 0 Å². The first-order valence-electron chi connectivity index (χ1n) is 13.6. The number of aliphatic hydroxyl groups excluding tert-OH is 1. The fourth-order valence-corrected chi connectivity index (χ4v) is 5.35. The Kier molecular flexibility index (Phi) is 8.39. The molecular weight excluding hydrogens is 524 g/mol. The van der Waals surface area contributed by atoms with Crippen LogP contribution in [0.25, 0.3) is 0 Å². The lowest BCUT2D eigenvalue weighted by atomic mass is 9.80. The molecule has 5 rings (SSSR count). The van der Waals surface area contributed by atoms with Crippen LogP contribution in [0.1, 0.15) is 41.8 Å². The van der Waals surface area contributed by atoms with Crippen molar-refractivity contribution >= 4 is 0 Å². The summed E-state index contributed by atoms with van der Waals surface area (Å²) in [5, 5.41) is 11.0. The third kappa shape index (κ3) is 5.44. The molecule has 0 aliphatic carbocycles. The molecule has 1 fully saturated rings. The summed E-state index contributed by atoms with van der Waals surface area (Å²) < 4.78 is 24.8. The fraction of sp³-hybridized carbons (Fsp3) is 0.312. The van der Waals surface area contributed by atoms with Gasteiger partial charge in [0, 0.05) is 18.2 Å². The van der Waals surface area contributed by atoms with Crippen molar-refractivity contribution < 1.29 is 24.1 Å². The molecule has 2 N–H and O–H groups in total. The van der Waals surface area contributed by atoms with Gasteiger partial charge in [-0.15, -0.1) is 0 Å². The maximum atomic E-state index is 12.9. The molecule has 0 radical (unpaired) electrons. The lowest BCUT2D eigenvalue weighted by Gasteiger charge is -2.37. The number of benzene rings is 3. The van der Waals surface area contributed by atoms with Crippen molar-refractivity contribution in [1.29, 1.82) is 0 Å². The quantitative estimate of drug-likeness (QED) is 0.285. The number of H-pyrrole nitrogens is 1. The number of hydrogen-bond donors (Lipinski definition) is 2. The first-order valence-corrected chi connectivity index (χ1v) is 13.6. The van der Waals surface area contributed by atoms with Gasteiger partial charge in [0.15, 0.2) is 0 Å². The number of rotatable bonds is 10. The van der Waals surface area contributed by atoms with Crippen molar-refractivity contribution in [2.24, 2.45) is 0 Å². The van der Waals surface area contributed by atoms with Crippen LogP contribution < -0.4 is 20.7 Å². The molecule has 3 aromatic carbocycles. The summed E-state index contributed by atoms with van der Waals surface area (Å²) in [6, 6.07) is 25.1. The minimum absolute atomic E-state index is 0.0231. The number of nitrogens with zero attached hydrogens (tertiary/aromatic N) is 1.